The third-order valence-corrected chi connectivity index (χ3v) is 8.78. The molecule has 0 saturated heterocycles. The van der Waals surface area contributed by atoms with Gasteiger partial charge in [0.15, 0.2) is 0 Å². The van der Waals surface area contributed by atoms with E-state index in [4.69, 9.17) is 23.2 Å². The summed E-state index contributed by atoms with van der Waals surface area (Å²) in [5, 5.41) is 0. The van der Waals surface area contributed by atoms with E-state index in [9.17, 15) is 0 Å². The lowest BCUT2D eigenvalue weighted by atomic mass is 10.2. The third kappa shape index (κ3) is 4.24. The summed E-state index contributed by atoms with van der Waals surface area (Å²) < 4.78 is 0. The van der Waals surface area contributed by atoms with Crippen LogP contribution in [0.2, 0.25) is 0 Å². The largest absolute Gasteiger partial charge is 0.123 e. The Kier molecular flexibility index (Phi) is 6.73. The molecule has 0 fully saturated rings. The maximum atomic E-state index is 5.95. The molecular weight excluding hydrogens is 258 g/mol. The van der Waals surface area contributed by atoms with Gasteiger partial charge in [0.25, 0.3) is 0 Å². The summed E-state index contributed by atoms with van der Waals surface area (Å²) in [7, 11) is -0.963. The monoisotopic (exact) mass is 277 g/mol. The Bertz CT molecular complexity index is 281. The van der Waals surface area contributed by atoms with Gasteiger partial charge in [0, 0.05) is 7.26 Å². The molecule has 0 N–H and O–H groups in total. The molecule has 0 aliphatic carbocycles. The average molecular weight is 278 g/mol. The number of alkyl halides is 2. The molecular formula is C13H20Cl2P+. The number of benzene rings is 1. The van der Waals surface area contributed by atoms with Gasteiger partial charge >= 0.3 is 0 Å². The molecule has 0 amide bonds. The van der Waals surface area contributed by atoms with Crippen LogP contribution in [0.15, 0.2) is 30.3 Å². The van der Waals surface area contributed by atoms with Gasteiger partial charge in [-0.1, -0.05) is 30.3 Å². The van der Waals surface area contributed by atoms with Crippen molar-refractivity contribution in [3.63, 3.8) is 0 Å². The van der Waals surface area contributed by atoms with Crippen LogP contribution >= 0.6 is 30.5 Å². The van der Waals surface area contributed by atoms with E-state index in [1.165, 1.54) is 17.9 Å². The maximum Gasteiger partial charge on any atom is 0.0843 e. The Balaban J connectivity index is 2.76. The van der Waals surface area contributed by atoms with E-state index in [1.54, 1.807) is 0 Å². The number of hydrogen-bond donors (Lipinski definition) is 0. The minimum absolute atomic E-state index is 0.769. The fraction of sp³-hybridized carbons (Fsp3) is 0.538. The second-order valence-corrected chi connectivity index (χ2v) is 9.41. The SMILES string of the molecule is CC[P+](CCCl)(CCCl)Cc1ccccc1. The van der Waals surface area contributed by atoms with Crippen molar-refractivity contribution in [1.82, 2.24) is 0 Å². The van der Waals surface area contributed by atoms with Crippen LogP contribution < -0.4 is 0 Å². The molecule has 0 bridgehead atoms. The van der Waals surface area contributed by atoms with Crippen molar-refractivity contribution in [1.29, 1.82) is 0 Å². The number of halogens is 2. The van der Waals surface area contributed by atoms with Crippen LogP contribution in [0.3, 0.4) is 0 Å². The van der Waals surface area contributed by atoms with Crippen molar-refractivity contribution >= 4 is 30.5 Å². The van der Waals surface area contributed by atoms with Crippen LogP contribution in [0.4, 0.5) is 0 Å². The summed E-state index contributed by atoms with van der Waals surface area (Å²) in [5.41, 5.74) is 1.44. The Morgan fingerprint density at radius 1 is 1.00 bits per heavy atom. The highest BCUT2D eigenvalue weighted by Gasteiger charge is 2.34. The van der Waals surface area contributed by atoms with Crippen molar-refractivity contribution in [2.24, 2.45) is 0 Å². The van der Waals surface area contributed by atoms with E-state index in [2.05, 4.69) is 37.3 Å². The highest BCUT2D eigenvalue weighted by atomic mass is 35.5. The standard InChI is InChI=1S/C13H20Cl2P/c1-2-16(10-8-14,11-9-15)12-13-6-4-3-5-7-13/h3-7H,2,8-12H2,1H3/q+1. The Labute approximate surface area is 110 Å². The molecule has 0 atom stereocenters. The molecule has 0 radical (unpaired) electrons. The van der Waals surface area contributed by atoms with Crippen LogP contribution in [-0.2, 0) is 6.16 Å². The van der Waals surface area contributed by atoms with E-state index in [1.807, 2.05) is 0 Å². The number of rotatable bonds is 7. The minimum Gasteiger partial charge on any atom is -0.123 e. The smallest absolute Gasteiger partial charge is 0.0843 e. The van der Waals surface area contributed by atoms with Gasteiger partial charge in [-0.15, -0.1) is 23.2 Å². The average Bonchev–Trinajstić information content (AvgIpc) is 2.31. The first-order valence-electron chi connectivity index (χ1n) is 5.77. The van der Waals surface area contributed by atoms with Crippen LogP contribution in [0, 0.1) is 0 Å². The lowest BCUT2D eigenvalue weighted by Gasteiger charge is -2.25. The zero-order valence-electron chi connectivity index (χ0n) is 9.83. The van der Waals surface area contributed by atoms with Crippen LogP contribution in [0.5, 0.6) is 0 Å². The van der Waals surface area contributed by atoms with Gasteiger partial charge in [-0.25, -0.2) is 0 Å². The topological polar surface area (TPSA) is 0 Å². The third-order valence-electron chi connectivity index (χ3n) is 3.15. The van der Waals surface area contributed by atoms with Gasteiger partial charge in [0.05, 0.1) is 36.4 Å². The summed E-state index contributed by atoms with van der Waals surface area (Å²) in [6, 6.07) is 10.7. The lowest BCUT2D eigenvalue weighted by molar-refractivity contribution is 1.23. The first-order valence-corrected chi connectivity index (χ1v) is 9.37. The van der Waals surface area contributed by atoms with Crippen molar-refractivity contribution in [3.05, 3.63) is 35.9 Å². The van der Waals surface area contributed by atoms with E-state index in [0.717, 1.165) is 24.1 Å². The lowest BCUT2D eigenvalue weighted by Crippen LogP contribution is -2.11. The second kappa shape index (κ2) is 7.54. The first-order chi connectivity index (χ1) is 7.76. The number of hydrogen-bond acceptors (Lipinski definition) is 0. The van der Waals surface area contributed by atoms with Gasteiger partial charge < -0.3 is 0 Å². The van der Waals surface area contributed by atoms with Gasteiger partial charge in [0.2, 0.25) is 0 Å². The van der Waals surface area contributed by atoms with Crippen molar-refractivity contribution < 1.29 is 0 Å². The molecule has 0 unspecified atom stereocenters. The highest BCUT2D eigenvalue weighted by molar-refractivity contribution is 7.75. The Morgan fingerprint density at radius 3 is 2.00 bits per heavy atom. The predicted octanol–water partition coefficient (Wildman–Crippen LogP) is 4.70. The van der Waals surface area contributed by atoms with Crippen molar-refractivity contribution in [2.75, 3.05) is 30.2 Å². The van der Waals surface area contributed by atoms with E-state index in [-0.39, 0.29) is 0 Å². The van der Waals surface area contributed by atoms with E-state index >= 15 is 0 Å². The summed E-state index contributed by atoms with van der Waals surface area (Å²) in [6.45, 7) is 2.29. The first kappa shape index (κ1) is 14.3. The minimum atomic E-state index is -0.963. The van der Waals surface area contributed by atoms with Gasteiger partial charge in [-0.05, 0) is 12.5 Å². The summed E-state index contributed by atoms with van der Waals surface area (Å²) in [6.07, 6.45) is 4.77. The Hall–Kier alpha value is 0.230. The molecule has 0 spiro atoms. The zero-order valence-corrected chi connectivity index (χ0v) is 12.2. The summed E-state index contributed by atoms with van der Waals surface area (Å²) in [5.74, 6) is 1.54. The highest BCUT2D eigenvalue weighted by Crippen LogP contribution is 2.60. The zero-order chi connectivity index (χ0) is 11.9. The summed E-state index contributed by atoms with van der Waals surface area (Å²) >= 11 is 11.9. The Morgan fingerprint density at radius 2 is 1.56 bits per heavy atom. The fourth-order valence-electron chi connectivity index (χ4n) is 2.03. The van der Waals surface area contributed by atoms with Crippen molar-refractivity contribution in [3.8, 4) is 0 Å². The van der Waals surface area contributed by atoms with Gasteiger partial charge in [-0.3, -0.25) is 0 Å². The molecule has 1 aromatic rings. The van der Waals surface area contributed by atoms with Crippen LogP contribution in [0.25, 0.3) is 0 Å². The molecule has 0 saturated carbocycles. The summed E-state index contributed by atoms with van der Waals surface area (Å²) in [4.78, 5) is 0. The molecule has 3 heteroatoms. The van der Waals surface area contributed by atoms with Gasteiger partial charge in [0.1, 0.15) is 0 Å². The quantitative estimate of drug-likeness (QED) is 0.501. The van der Waals surface area contributed by atoms with Crippen LogP contribution in [0.1, 0.15) is 12.5 Å². The normalized spacial score (nSPS) is 11.7. The molecule has 16 heavy (non-hydrogen) atoms. The molecule has 0 aliphatic heterocycles. The molecule has 1 aromatic carbocycles. The second-order valence-electron chi connectivity index (χ2n) is 4.13. The van der Waals surface area contributed by atoms with E-state index in [0.29, 0.717) is 0 Å². The molecule has 0 nitrogen and oxygen atoms in total. The van der Waals surface area contributed by atoms with Crippen LogP contribution in [-0.4, -0.2) is 30.2 Å². The van der Waals surface area contributed by atoms with E-state index < -0.39 is 7.26 Å². The molecule has 90 valence electrons. The fourth-order valence-corrected chi connectivity index (χ4v) is 7.28. The molecule has 0 aromatic heterocycles. The molecule has 0 aliphatic rings. The molecule has 0 heterocycles. The maximum absolute atomic E-state index is 5.95. The van der Waals surface area contributed by atoms with Gasteiger partial charge in [-0.2, -0.15) is 0 Å². The predicted molar refractivity (Wildman–Crippen MR) is 78.8 cm³/mol. The molecule has 1 rings (SSSR count). The van der Waals surface area contributed by atoms with Crippen molar-refractivity contribution in [2.45, 2.75) is 13.1 Å².